The zero-order chi connectivity index (χ0) is 12.0. The van der Waals surface area contributed by atoms with Crippen molar-refractivity contribution in [2.24, 2.45) is 0 Å². The molecule has 1 N–H and O–H groups in total. The van der Waals surface area contributed by atoms with E-state index in [1.807, 2.05) is 17.8 Å². The van der Waals surface area contributed by atoms with Gasteiger partial charge >= 0.3 is 0 Å². The first-order valence-electron chi connectivity index (χ1n) is 5.29. The molecule has 0 aliphatic carbocycles. The molecular weight excluding hydrogens is 245 g/mol. The van der Waals surface area contributed by atoms with Gasteiger partial charge in [0.05, 0.1) is 5.02 Å². The Labute approximate surface area is 106 Å². The SMILES string of the molecule is CSCCC(C)NCc1ccc(Cl)c(F)c1. The summed E-state index contributed by atoms with van der Waals surface area (Å²) in [6, 6.07) is 5.38. The Morgan fingerprint density at radius 3 is 2.88 bits per heavy atom. The summed E-state index contributed by atoms with van der Waals surface area (Å²) in [6.07, 6.45) is 3.22. The first-order valence-corrected chi connectivity index (χ1v) is 7.07. The lowest BCUT2D eigenvalue weighted by Gasteiger charge is -2.13. The summed E-state index contributed by atoms with van der Waals surface area (Å²) in [4.78, 5) is 0. The van der Waals surface area contributed by atoms with Gasteiger partial charge in [0, 0.05) is 12.6 Å². The smallest absolute Gasteiger partial charge is 0.142 e. The van der Waals surface area contributed by atoms with Gasteiger partial charge in [-0.2, -0.15) is 11.8 Å². The molecule has 0 spiro atoms. The van der Waals surface area contributed by atoms with E-state index in [0.717, 1.165) is 17.7 Å². The van der Waals surface area contributed by atoms with Gasteiger partial charge in [-0.25, -0.2) is 4.39 Å². The molecule has 0 aliphatic rings. The second-order valence-electron chi connectivity index (χ2n) is 3.81. The minimum atomic E-state index is -0.349. The summed E-state index contributed by atoms with van der Waals surface area (Å²) in [7, 11) is 0. The standard InChI is InChI=1S/C12H17ClFNS/c1-9(5-6-16-2)15-8-10-3-4-11(13)12(14)7-10/h3-4,7,9,15H,5-6,8H2,1-2H3. The maximum atomic E-state index is 13.1. The van der Waals surface area contributed by atoms with Crippen LogP contribution in [0.3, 0.4) is 0 Å². The van der Waals surface area contributed by atoms with Crippen LogP contribution >= 0.6 is 23.4 Å². The third-order valence-corrected chi connectivity index (χ3v) is 3.34. The minimum absolute atomic E-state index is 0.180. The molecule has 1 aromatic carbocycles. The van der Waals surface area contributed by atoms with E-state index >= 15 is 0 Å². The largest absolute Gasteiger partial charge is 0.310 e. The van der Waals surface area contributed by atoms with Gasteiger partial charge in [0.2, 0.25) is 0 Å². The minimum Gasteiger partial charge on any atom is -0.310 e. The Kier molecular flexibility index (Phi) is 6.17. The highest BCUT2D eigenvalue weighted by Gasteiger charge is 2.03. The van der Waals surface area contributed by atoms with Gasteiger partial charge in [-0.15, -0.1) is 0 Å². The third kappa shape index (κ3) is 4.73. The predicted molar refractivity (Wildman–Crippen MR) is 70.7 cm³/mol. The van der Waals surface area contributed by atoms with Crippen LogP contribution < -0.4 is 5.32 Å². The highest BCUT2D eigenvalue weighted by atomic mass is 35.5. The second kappa shape index (κ2) is 7.15. The van der Waals surface area contributed by atoms with Crippen LogP contribution in [0.2, 0.25) is 5.02 Å². The highest BCUT2D eigenvalue weighted by Crippen LogP contribution is 2.15. The summed E-state index contributed by atoms with van der Waals surface area (Å²) in [5.41, 5.74) is 0.929. The molecule has 0 saturated heterocycles. The third-order valence-electron chi connectivity index (χ3n) is 2.39. The van der Waals surface area contributed by atoms with Crippen LogP contribution in [0.1, 0.15) is 18.9 Å². The fourth-order valence-corrected chi connectivity index (χ4v) is 2.05. The highest BCUT2D eigenvalue weighted by molar-refractivity contribution is 7.98. The number of hydrogen-bond donors (Lipinski definition) is 1. The molecule has 0 radical (unpaired) electrons. The molecule has 1 rings (SSSR count). The van der Waals surface area contributed by atoms with E-state index in [4.69, 9.17) is 11.6 Å². The van der Waals surface area contributed by atoms with Crippen LogP contribution in [0, 0.1) is 5.82 Å². The molecule has 16 heavy (non-hydrogen) atoms. The molecule has 4 heteroatoms. The number of benzene rings is 1. The maximum Gasteiger partial charge on any atom is 0.142 e. The van der Waals surface area contributed by atoms with Crippen LogP contribution in [0.25, 0.3) is 0 Å². The van der Waals surface area contributed by atoms with Crippen molar-refractivity contribution in [3.63, 3.8) is 0 Å². The fraction of sp³-hybridized carbons (Fsp3) is 0.500. The number of halogens is 2. The van der Waals surface area contributed by atoms with Crippen molar-refractivity contribution in [1.82, 2.24) is 5.32 Å². The molecule has 1 aromatic rings. The second-order valence-corrected chi connectivity index (χ2v) is 5.20. The first-order chi connectivity index (χ1) is 7.63. The van der Waals surface area contributed by atoms with E-state index < -0.39 is 0 Å². The van der Waals surface area contributed by atoms with Crippen molar-refractivity contribution in [2.45, 2.75) is 25.9 Å². The van der Waals surface area contributed by atoms with Crippen LogP contribution in [0.4, 0.5) is 4.39 Å². The molecule has 0 amide bonds. The Morgan fingerprint density at radius 2 is 2.25 bits per heavy atom. The average Bonchev–Trinajstić information content (AvgIpc) is 2.28. The van der Waals surface area contributed by atoms with Crippen molar-refractivity contribution in [2.75, 3.05) is 12.0 Å². The molecule has 0 heterocycles. The number of hydrogen-bond acceptors (Lipinski definition) is 2. The number of rotatable bonds is 6. The molecule has 1 nitrogen and oxygen atoms in total. The Bertz CT molecular complexity index is 333. The van der Waals surface area contributed by atoms with Crippen molar-refractivity contribution >= 4 is 23.4 Å². The topological polar surface area (TPSA) is 12.0 Å². The summed E-state index contributed by atoms with van der Waals surface area (Å²) in [6.45, 7) is 2.83. The molecule has 1 unspecified atom stereocenters. The fourth-order valence-electron chi connectivity index (χ4n) is 1.34. The monoisotopic (exact) mass is 261 g/mol. The lowest BCUT2D eigenvalue weighted by atomic mass is 10.2. The first kappa shape index (κ1) is 13.8. The van der Waals surface area contributed by atoms with Crippen molar-refractivity contribution in [3.05, 3.63) is 34.6 Å². The van der Waals surface area contributed by atoms with Crippen LogP contribution in [0.15, 0.2) is 18.2 Å². The lowest BCUT2D eigenvalue weighted by molar-refractivity contribution is 0.535. The Morgan fingerprint density at radius 1 is 1.50 bits per heavy atom. The molecule has 0 aromatic heterocycles. The molecule has 0 saturated carbocycles. The van der Waals surface area contributed by atoms with Crippen molar-refractivity contribution < 1.29 is 4.39 Å². The normalized spacial score (nSPS) is 12.8. The lowest BCUT2D eigenvalue weighted by Crippen LogP contribution is -2.26. The summed E-state index contributed by atoms with van der Waals surface area (Å²) in [5, 5.41) is 3.54. The Hall–Kier alpha value is -0.250. The van der Waals surface area contributed by atoms with Gasteiger partial charge in [-0.05, 0) is 43.0 Å². The molecule has 0 fully saturated rings. The number of nitrogens with one attached hydrogen (secondary N) is 1. The van der Waals surface area contributed by atoms with Crippen LogP contribution in [-0.4, -0.2) is 18.1 Å². The van der Waals surface area contributed by atoms with E-state index in [0.29, 0.717) is 12.6 Å². The average molecular weight is 262 g/mol. The van der Waals surface area contributed by atoms with Crippen molar-refractivity contribution in [1.29, 1.82) is 0 Å². The molecule has 90 valence electrons. The van der Waals surface area contributed by atoms with Gasteiger partial charge in [-0.1, -0.05) is 17.7 Å². The van der Waals surface area contributed by atoms with Gasteiger partial charge in [0.25, 0.3) is 0 Å². The number of thioether (sulfide) groups is 1. The quantitative estimate of drug-likeness (QED) is 0.838. The van der Waals surface area contributed by atoms with Gasteiger partial charge in [0.15, 0.2) is 0 Å². The predicted octanol–water partition coefficient (Wildman–Crippen LogP) is 3.71. The van der Waals surface area contributed by atoms with E-state index in [1.54, 1.807) is 6.07 Å². The van der Waals surface area contributed by atoms with Gasteiger partial charge < -0.3 is 5.32 Å². The van der Waals surface area contributed by atoms with Crippen molar-refractivity contribution in [3.8, 4) is 0 Å². The van der Waals surface area contributed by atoms with Gasteiger partial charge in [0.1, 0.15) is 5.82 Å². The summed E-state index contributed by atoms with van der Waals surface area (Å²) in [5.74, 6) is 0.793. The Balaban J connectivity index is 2.39. The maximum absolute atomic E-state index is 13.1. The molecule has 0 aliphatic heterocycles. The summed E-state index contributed by atoms with van der Waals surface area (Å²) < 4.78 is 13.1. The van der Waals surface area contributed by atoms with Crippen LogP contribution in [-0.2, 0) is 6.54 Å². The van der Waals surface area contributed by atoms with Gasteiger partial charge in [-0.3, -0.25) is 0 Å². The molecule has 1 atom stereocenters. The van der Waals surface area contributed by atoms with E-state index in [-0.39, 0.29) is 10.8 Å². The molecule has 0 bridgehead atoms. The zero-order valence-electron chi connectivity index (χ0n) is 9.59. The van der Waals surface area contributed by atoms with E-state index in [2.05, 4.69) is 18.5 Å². The zero-order valence-corrected chi connectivity index (χ0v) is 11.2. The summed E-state index contributed by atoms with van der Waals surface area (Å²) >= 11 is 7.45. The van der Waals surface area contributed by atoms with E-state index in [9.17, 15) is 4.39 Å². The molecular formula is C12H17ClFNS. The van der Waals surface area contributed by atoms with E-state index in [1.165, 1.54) is 6.07 Å². The van der Waals surface area contributed by atoms with Crippen LogP contribution in [0.5, 0.6) is 0 Å².